The van der Waals surface area contributed by atoms with E-state index >= 15 is 0 Å². The summed E-state index contributed by atoms with van der Waals surface area (Å²) >= 11 is 0. The highest BCUT2D eigenvalue weighted by molar-refractivity contribution is 5.95. The zero-order valence-corrected chi connectivity index (χ0v) is 17.1. The summed E-state index contributed by atoms with van der Waals surface area (Å²) in [5.41, 5.74) is 3.25. The van der Waals surface area contributed by atoms with Crippen LogP contribution in [-0.2, 0) is 6.54 Å². The fraction of sp³-hybridized carbons (Fsp3) is 0.409. The van der Waals surface area contributed by atoms with E-state index in [2.05, 4.69) is 31.2 Å². The number of rotatable bonds is 6. The van der Waals surface area contributed by atoms with Crippen molar-refractivity contribution < 1.29 is 23.9 Å². The van der Waals surface area contributed by atoms with Crippen molar-refractivity contribution in [1.29, 1.82) is 0 Å². The molecule has 1 aliphatic heterocycles. The second-order valence-corrected chi connectivity index (χ2v) is 7.06. The summed E-state index contributed by atoms with van der Waals surface area (Å²) in [6.07, 6.45) is 0. The minimum atomic E-state index is -0.00538. The summed E-state index contributed by atoms with van der Waals surface area (Å²) in [5, 5.41) is 0. The molecule has 0 atom stereocenters. The van der Waals surface area contributed by atoms with Gasteiger partial charge >= 0.3 is 0 Å². The molecule has 6 heteroatoms. The second kappa shape index (κ2) is 8.97. The zero-order valence-electron chi connectivity index (χ0n) is 17.1. The van der Waals surface area contributed by atoms with Gasteiger partial charge in [0.1, 0.15) is 6.54 Å². The van der Waals surface area contributed by atoms with Crippen LogP contribution in [0, 0.1) is 6.92 Å². The molecule has 1 aliphatic rings. The molecule has 1 fully saturated rings. The van der Waals surface area contributed by atoms with Crippen LogP contribution in [0.2, 0.25) is 0 Å². The van der Waals surface area contributed by atoms with Gasteiger partial charge in [-0.2, -0.15) is 0 Å². The van der Waals surface area contributed by atoms with E-state index in [9.17, 15) is 4.79 Å². The Kier molecular flexibility index (Phi) is 6.41. The SMILES string of the molecule is COc1cc(C(=O)N2CC[NH+](Cc3ccccc3C)CC2)cc(OC)c1OC. The highest BCUT2D eigenvalue weighted by Gasteiger charge is 2.26. The molecule has 1 N–H and O–H groups in total. The predicted molar refractivity (Wildman–Crippen MR) is 108 cm³/mol. The number of hydrogen-bond donors (Lipinski definition) is 1. The van der Waals surface area contributed by atoms with Gasteiger partial charge in [-0.3, -0.25) is 4.79 Å². The van der Waals surface area contributed by atoms with E-state index in [1.165, 1.54) is 16.0 Å². The minimum Gasteiger partial charge on any atom is -0.493 e. The Balaban J connectivity index is 1.67. The molecule has 0 radical (unpaired) electrons. The molecule has 0 aliphatic carbocycles. The third-order valence-electron chi connectivity index (χ3n) is 5.37. The van der Waals surface area contributed by atoms with Gasteiger partial charge in [0.2, 0.25) is 5.75 Å². The first-order valence-corrected chi connectivity index (χ1v) is 9.54. The van der Waals surface area contributed by atoms with Crippen LogP contribution in [0.1, 0.15) is 21.5 Å². The molecular formula is C22H29N2O4+. The van der Waals surface area contributed by atoms with Crippen LogP contribution < -0.4 is 19.1 Å². The van der Waals surface area contributed by atoms with Crippen LogP contribution in [-0.4, -0.2) is 58.3 Å². The minimum absolute atomic E-state index is 0.00538. The molecule has 0 saturated carbocycles. The second-order valence-electron chi connectivity index (χ2n) is 7.06. The first-order chi connectivity index (χ1) is 13.6. The third kappa shape index (κ3) is 4.22. The van der Waals surface area contributed by atoms with Gasteiger partial charge < -0.3 is 24.0 Å². The molecule has 0 bridgehead atoms. The van der Waals surface area contributed by atoms with Gasteiger partial charge in [0.25, 0.3) is 5.91 Å². The van der Waals surface area contributed by atoms with Gasteiger partial charge in [-0.05, 0) is 24.6 Å². The maximum Gasteiger partial charge on any atom is 0.254 e. The lowest BCUT2D eigenvalue weighted by Crippen LogP contribution is -3.13. The Morgan fingerprint density at radius 1 is 1.00 bits per heavy atom. The number of hydrogen-bond acceptors (Lipinski definition) is 4. The molecular weight excluding hydrogens is 356 g/mol. The number of piperazine rings is 1. The van der Waals surface area contributed by atoms with E-state index < -0.39 is 0 Å². The van der Waals surface area contributed by atoms with E-state index in [-0.39, 0.29) is 5.91 Å². The van der Waals surface area contributed by atoms with Gasteiger partial charge in [-0.25, -0.2) is 0 Å². The average molecular weight is 385 g/mol. The van der Waals surface area contributed by atoms with E-state index in [1.54, 1.807) is 33.5 Å². The number of carbonyl (C=O) groups excluding carboxylic acids is 1. The third-order valence-corrected chi connectivity index (χ3v) is 5.37. The van der Waals surface area contributed by atoms with Crippen molar-refractivity contribution in [2.75, 3.05) is 47.5 Å². The molecule has 2 aromatic carbocycles. The molecule has 1 heterocycles. The van der Waals surface area contributed by atoms with Crippen LogP contribution in [0.25, 0.3) is 0 Å². The summed E-state index contributed by atoms with van der Waals surface area (Å²) < 4.78 is 16.1. The van der Waals surface area contributed by atoms with Gasteiger partial charge in [-0.15, -0.1) is 0 Å². The van der Waals surface area contributed by atoms with Crippen molar-refractivity contribution >= 4 is 5.91 Å². The molecule has 3 rings (SSSR count). The normalized spacial score (nSPS) is 14.6. The summed E-state index contributed by atoms with van der Waals surface area (Å²) in [6, 6.07) is 11.9. The molecule has 6 nitrogen and oxygen atoms in total. The van der Waals surface area contributed by atoms with Gasteiger partial charge in [0.15, 0.2) is 11.5 Å². The van der Waals surface area contributed by atoms with Crippen molar-refractivity contribution in [2.24, 2.45) is 0 Å². The molecule has 1 amide bonds. The standard InChI is InChI=1S/C22H28N2O4/c1-16-7-5-6-8-17(16)15-23-9-11-24(12-10-23)22(25)18-13-19(26-2)21(28-4)20(14-18)27-3/h5-8,13-14H,9-12,15H2,1-4H3/p+1. The van der Waals surface area contributed by atoms with Crippen LogP contribution in [0.3, 0.4) is 0 Å². The summed E-state index contributed by atoms with van der Waals surface area (Å²) in [6.45, 7) is 6.49. The van der Waals surface area contributed by atoms with Crippen molar-refractivity contribution in [3.05, 3.63) is 53.1 Å². The Bertz CT molecular complexity index is 804. The van der Waals surface area contributed by atoms with Gasteiger partial charge in [-0.1, -0.05) is 24.3 Å². The molecule has 0 spiro atoms. The highest BCUT2D eigenvalue weighted by atomic mass is 16.5. The molecule has 2 aromatic rings. The number of nitrogens with zero attached hydrogens (tertiary/aromatic N) is 1. The zero-order chi connectivity index (χ0) is 20.1. The van der Waals surface area contributed by atoms with Crippen molar-refractivity contribution in [1.82, 2.24) is 4.90 Å². The molecule has 28 heavy (non-hydrogen) atoms. The smallest absolute Gasteiger partial charge is 0.254 e. The first kappa shape index (κ1) is 20.0. The summed E-state index contributed by atoms with van der Waals surface area (Å²) in [7, 11) is 4.66. The number of amides is 1. The molecule has 0 unspecified atom stereocenters. The fourth-order valence-electron chi connectivity index (χ4n) is 3.67. The quantitative estimate of drug-likeness (QED) is 0.820. The van der Waals surface area contributed by atoms with Crippen LogP contribution in [0.4, 0.5) is 0 Å². The molecule has 0 aromatic heterocycles. The fourth-order valence-corrected chi connectivity index (χ4v) is 3.67. The lowest BCUT2D eigenvalue weighted by molar-refractivity contribution is -0.917. The number of aryl methyl sites for hydroxylation is 1. The predicted octanol–water partition coefficient (Wildman–Crippen LogP) is 1.56. The average Bonchev–Trinajstić information content (AvgIpc) is 2.74. The Labute approximate surface area is 166 Å². The monoisotopic (exact) mass is 385 g/mol. The van der Waals surface area contributed by atoms with E-state index in [1.807, 2.05) is 4.90 Å². The topological polar surface area (TPSA) is 52.4 Å². The van der Waals surface area contributed by atoms with E-state index in [0.717, 1.165) is 32.7 Å². The first-order valence-electron chi connectivity index (χ1n) is 9.54. The number of benzene rings is 2. The maximum absolute atomic E-state index is 13.0. The van der Waals surface area contributed by atoms with E-state index in [4.69, 9.17) is 14.2 Å². The highest BCUT2D eigenvalue weighted by Crippen LogP contribution is 2.38. The Hall–Kier alpha value is -2.73. The van der Waals surface area contributed by atoms with Crippen molar-refractivity contribution in [3.63, 3.8) is 0 Å². The van der Waals surface area contributed by atoms with E-state index in [0.29, 0.717) is 22.8 Å². The number of ether oxygens (including phenoxy) is 3. The van der Waals surface area contributed by atoms with Crippen LogP contribution in [0.15, 0.2) is 36.4 Å². The van der Waals surface area contributed by atoms with Crippen LogP contribution in [0.5, 0.6) is 17.2 Å². The Morgan fingerprint density at radius 3 is 2.14 bits per heavy atom. The van der Waals surface area contributed by atoms with Gasteiger partial charge in [0.05, 0.1) is 47.5 Å². The van der Waals surface area contributed by atoms with Crippen molar-refractivity contribution in [2.45, 2.75) is 13.5 Å². The Morgan fingerprint density at radius 2 is 1.61 bits per heavy atom. The van der Waals surface area contributed by atoms with Gasteiger partial charge in [0, 0.05) is 11.1 Å². The number of nitrogens with one attached hydrogen (secondary N) is 1. The molecule has 1 saturated heterocycles. The lowest BCUT2D eigenvalue weighted by Gasteiger charge is -2.32. The van der Waals surface area contributed by atoms with Crippen molar-refractivity contribution in [3.8, 4) is 17.2 Å². The number of quaternary nitrogens is 1. The number of methoxy groups -OCH3 is 3. The summed E-state index contributed by atoms with van der Waals surface area (Å²) in [5.74, 6) is 1.48. The lowest BCUT2D eigenvalue weighted by atomic mass is 10.1. The molecule has 150 valence electrons. The summed E-state index contributed by atoms with van der Waals surface area (Å²) in [4.78, 5) is 16.4. The number of carbonyl (C=O) groups is 1. The largest absolute Gasteiger partial charge is 0.493 e. The maximum atomic E-state index is 13.0. The van der Waals surface area contributed by atoms with Crippen LogP contribution >= 0.6 is 0 Å².